The van der Waals surface area contributed by atoms with Crippen LogP contribution in [-0.4, -0.2) is 27.6 Å². The maximum Gasteiger partial charge on any atom is 0.322 e. The highest BCUT2D eigenvalue weighted by molar-refractivity contribution is 6.30. The number of nitrogens with zero attached hydrogens (tertiary/aromatic N) is 3. The summed E-state index contributed by atoms with van der Waals surface area (Å²) in [7, 11) is 0. The summed E-state index contributed by atoms with van der Waals surface area (Å²) in [5.41, 5.74) is 1.61. The van der Waals surface area contributed by atoms with Crippen molar-refractivity contribution in [2.45, 2.75) is 18.9 Å². The van der Waals surface area contributed by atoms with Crippen LogP contribution in [0.1, 0.15) is 24.8 Å². The monoisotopic (exact) mass is 418 g/mol. The Morgan fingerprint density at radius 3 is 2.73 bits per heavy atom. The number of hydrogen-bond acceptors (Lipinski definition) is 4. The molecule has 30 heavy (non-hydrogen) atoms. The molecule has 1 atom stereocenters. The lowest BCUT2D eigenvalue weighted by Gasteiger charge is -2.22. The van der Waals surface area contributed by atoms with Gasteiger partial charge in [0.15, 0.2) is 0 Å². The highest BCUT2D eigenvalue weighted by Gasteiger charge is 2.34. The number of benzene rings is 3. The Kier molecular flexibility index (Phi) is 4.85. The third kappa shape index (κ3) is 3.50. The Bertz CT molecular complexity index is 1200. The molecule has 1 fully saturated rings. The molecule has 1 saturated heterocycles. The van der Waals surface area contributed by atoms with Gasteiger partial charge in [-0.25, -0.2) is 4.79 Å². The van der Waals surface area contributed by atoms with Crippen molar-refractivity contribution in [1.82, 2.24) is 15.0 Å². The molecule has 4 aromatic rings. The Morgan fingerprint density at radius 2 is 1.87 bits per heavy atom. The Labute approximate surface area is 178 Å². The first-order chi connectivity index (χ1) is 14.7. The van der Waals surface area contributed by atoms with E-state index in [1.165, 1.54) is 0 Å². The van der Waals surface area contributed by atoms with Crippen molar-refractivity contribution in [3.63, 3.8) is 0 Å². The number of carbonyl (C=O) groups excluding carboxylic acids is 1. The summed E-state index contributed by atoms with van der Waals surface area (Å²) in [4.78, 5) is 19.4. The molecule has 0 saturated carbocycles. The maximum absolute atomic E-state index is 13.1. The molecule has 0 bridgehead atoms. The van der Waals surface area contributed by atoms with Gasteiger partial charge in [-0.1, -0.05) is 53.2 Å². The average molecular weight is 419 g/mol. The van der Waals surface area contributed by atoms with Crippen LogP contribution >= 0.6 is 11.6 Å². The topological polar surface area (TPSA) is 71.3 Å². The second kappa shape index (κ2) is 7.80. The van der Waals surface area contributed by atoms with Gasteiger partial charge in [-0.15, -0.1) is 0 Å². The van der Waals surface area contributed by atoms with E-state index in [0.717, 1.165) is 34.9 Å². The highest BCUT2D eigenvalue weighted by atomic mass is 35.5. The fourth-order valence-corrected chi connectivity index (χ4v) is 4.00. The molecule has 1 N–H and O–H groups in total. The number of hydrogen-bond donors (Lipinski definition) is 1. The van der Waals surface area contributed by atoms with E-state index in [9.17, 15) is 4.79 Å². The van der Waals surface area contributed by atoms with E-state index < -0.39 is 0 Å². The number of likely N-dealkylation sites (tertiary alicyclic amines) is 1. The maximum atomic E-state index is 13.1. The Balaban J connectivity index is 1.37. The van der Waals surface area contributed by atoms with Crippen LogP contribution in [0.25, 0.3) is 22.2 Å². The van der Waals surface area contributed by atoms with Gasteiger partial charge in [0.05, 0.1) is 5.69 Å². The van der Waals surface area contributed by atoms with E-state index >= 15 is 0 Å². The first-order valence-electron chi connectivity index (χ1n) is 9.84. The molecule has 0 aliphatic carbocycles. The summed E-state index contributed by atoms with van der Waals surface area (Å²) < 4.78 is 5.52. The molecule has 150 valence electrons. The predicted molar refractivity (Wildman–Crippen MR) is 116 cm³/mol. The molecule has 2 amide bonds. The smallest absolute Gasteiger partial charge is 0.322 e. The first kappa shape index (κ1) is 18.6. The lowest BCUT2D eigenvalue weighted by molar-refractivity contribution is 0.193. The summed E-state index contributed by atoms with van der Waals surface area (Å²) in [6, 6.07) is 20.7. The molecule has 5 rings (SSSR count). The number of fused-ring (bicyclic) bond motifs is 1. The minimum absolute atomic E-state index is 0.167. The Morgan fingerprint density at radius 1 is 1.07 bits per heavy atom. The van der Waals surface area contributed by atoms with Crippen LogP contribution in [0.15, 0.2) is 71.3 Å². The summed E-state index contributed by atoms with van der Waals surface area (Å²) in [5, 5.41) is 9.88. The molecule has 1 aliphatic heterocycles. The Hall–Kier alpha value is -3.38. The predicted octanol–water partition coefficient (Wildman–Crippen LogP) is 5.91. The van der Waals surface area contributed by atoms with Crippen LogP contribution < -0.4 is 5.32 Å². The summed E-state index contributed by atoms with van der Waals surface area (Å²) in [6.45, 7) is 0.639. The zero-order valence-corrected chi connectivity index (χ0v) is 16.8. The molecular weight excluding hydrogens is 400 g/mol. The number of aromatic nitrogens is 2. The largest absolute Gasteiger partial charge is 0.337 e. The van der Waals surface area contributed by atoms with Crippen molar-refractivity contribution >= 4 is 34.1 Å². The molecule has 3 aromatic carbocycles. The molecular formula is C23H19ClN4O2. The molecule has 2 heterocycles. The number of amides is 2. The third-order valence-corrected chi connectivity index (χ3v) is 5.63. The van der Waals surface area contributed by atoms with Crippen molar-refractivity contribution < 1.29 is 9.32 Å². The molecule has 1 aromatic heterocycles. The van der Waals surface area contributed by atoms with E-state index in [1.807, 2.05) is 54.6 Å². The number of anilines is 1. The minimum Gasteiger partial charge on any atom is -0.337 e. The van der Waals surface area contributed by atoms with Gasteiger partial charge in [0, 0.05) is 22.5 Å². The van der Waals surface area contributed by atoms with E-state index in [-0.39, 0.29) is 12.1 Å². The highest BCUT2D eigenvalue weighted by Crippen LogP contribution is 2.33. The van der Waals surface area contributed by atoms with Crippen molar-refractivity contribution in [2.75, 3.05) is 11.9 Å². The minimum atomic E-state index is -0.242. The molecule has 1 aliphatic rings. The number of halogens is 1. The molecule has 6 nitrogen and oxygen atoms in total. The van der Waals surface area contributed by atoms with Crippen LogP contribution in [0.4, 0.5) is 10.5 Å². The van der Waals surface area contributed by atoms with Crippen molar-refractivity contribution in [3.8, 4) is 11.4 Å². The van der Waals surface area contributed by atoms with E-state index in [2.05, 4.69) is 15.5 Å². The van der Waals surface area contributed by atoms with Gasteiger partial charge in [-0.2, -0.15) is 4.98 Å². The number of carbonyl (C=O) groups is 1. The number of nitrogens with one attached hydrogen (secondary N) is 1. The normalized spacial score (nSPS) is 16.2. The van der Waals surface area contributed by atoms with Gasteiger partial charge in [0.25, 0.3) is 0 Å². The number of urea groups is 1. The summed E-state index contributed by atoms with van der Waals surface area (Å²) in [5.74, 6) is 0.938. The van der Waals surface area contributed by atoms with Crippen LogP contribution in [0, 0.1) is 0 Å². The second-order valence-electron chi connectivity index (χ2n) is 7.27. The quantitative estimate of drug-likeness (QED) is 0.448. The lowest BCUT2D eigenvalue weighted by atomic mass is 10.1. The van der Waals surface area contributed by atoms with Gasteiger partial charge in [-0.3, -0.25) is 0 Å². The zero-order chi connectivity index (χ0) is 20.5. The van der Waals surface area contributed by atoms with E-state index in [1.54, 1.807) is 17.0 Å². The molecule has 7 heteroatoms. The fraction of sp³-hybridized carbons (Fsp3) is 0.174. The van der Waals surface area contributed by atoms with Crippen molar-refractivity contribution in [1.29, 1.82) is 0 Å². The van der Waals surface area contributed by atoms with Gasteiger partial charge in [0.2, 0.25) is 11.7 Å². The van der Waals surface area contributed by atoms with E-state index in [0.29, 0.717) is 23.3 Å². The van der Waals surface area contributed by atoms with Crippen molar-refractivity contribution in [3.05, 3.63) is 77.6 Å². The first-order valence-corrected chi connectivity index (χ1v) is 10.2. The second-order valence-corrected chi connectivity index (χ2v) is 7.71. The van der Waals surface area contributed by atoms with Gasteiger partial charge in [0.1, 0.15) is 6.04 Å². The van der Waals surface area contributed by atoms with Crippen LogP contribution in [0.3, 0.4) is 0 Å². The van der Waals surface area contributed by atoms with Gasteiger partial charge >= 0.3 is 6.03 Å². The van der Waals surface area contributed by atoms with Crippen molar-refractivity contribution in [2.24, 2.45) is 0 Å². The van der Waals surface area contributed by atoms with Gasteiger partial charge < -0.3 is 14.7 Å². The average Bonchev–Trinajstić information content (AvgIpc) is 3.44. The van der Waals surface area contributed by atoms with E-state index in [4.69, 9.17) is 16.1 Å². The van der Waals surface area contributed by atoms with Crippen LogP contribution in [0.2, 0.25) is 5.02 Å². The molecule has 0 radical (unpaired) electrons. The zero-order valence-electron chi connectivity index (χ0n) is 16.1. The van der Waals surface area contributed by atoms with Gasteiger partial charge in [-0.05, 0) is 48.6 Å². The molecule has 0 spiro atoms. The molecule has 1 unspecified atom stereocenters. The standard InChI is InChI=1S/C23H19ClN4O2/c24-17-12-10-16(11-13-17)21-26-22(30-27-21)20-9-4-14-28(20)23(29)25-19-8-3-6-15-5-1-2-7-18(15)19/h1-3,5-8,10-13,20H,4,9,14H2,(H,25,29). The third-order valence-electron chi connectivity index (χ3n) is 5.37. The number of rotatable bonds is 3. The lowest BCUT2D eigenvalue weighted by Crippen LogP contribution is -2.34. The SMILES string of the molecule is O=C(Nc1cccc2ccccc12)N1CCCC1c1nc(-c2ccc(Cl)cc2)no1. The fourth-order valence-electron chi connectivity index (χ4n) is 3.87. The summed E-state index contributed by atoms with van der Waals surface area (Å²) >= 11 is 5.95. The van der Waals surface area contributed by atoms with Crippen LogP contribution in [-0.2, 0) is 0 Å². The summed E-state index contributed by atoms with van der Waals surface area (Å²) in [6.07, 6.45) is 1.66. The van der Waals surface area contributed by atoms with Crippen LogP contribution in [0.5, 0.6) is 0 Å².